The fourth-order valence-electron chi connectivity index (χ4n) is 1.26. The van der Waals surface area contributed by atoms with Crippen molar-refractivity contribution in [1.82, 2.24) is 9.97 Å². The molecule has 0 atom stereocenters. The summed E-state index contributed by atoms with van der Waals surface area (Å²) < 4.78 is 26.4. The minimum atomic E-state index is -4.10. The van der Waals surface area contributed by atoms with Gasteiger partial charge in [-0.2, -0.15) is 0 Å². The van der Waals surface area contributed by atoms with Gasteiger partial charge in [-0.15, -0.1) is 11.3 Å². The number of aromatic nitrogens is 2. The maximum atomic E-state index is 12.1. The van der Waals surface area contributed by atoms with E-state index in [2.05, 4.69) is 9.97 Å². The zero-order valence-corrected chi connectivity index (χ0v) is 12.5. The van der Waals surface area contributed by atoms with E-state index in [4.69, 9.17) is 28.3 Å². The smallest absolute Gasteiger partial charge is 0.358 e. The summed E-state index contributed by atoms with van der Waals surface area (Å²) in [6, 6.07) is 1.16. The van der Waals surface area contributed by atoms with Crippen LogP contribution in [0.25, 0.3) is 0 Å². The van der Waals surface area contributed by atoms with Gasteiger partial charge in [0, 0.05) is 12.4 Å². The Kier molecular flexibility index (Phi) is 4.14. The van der Waals surface area contributed by atoms with E-state index in [-0.39, 0.29) is 13.6 Å². The van der Waals surface area contributed by atoms with Crippen molar-refractivity contribution in [2.75, 3.05) is 4.72 Å². The predicted octanol–water partition coefficient (Wildman–Crippen LogP) is 2.34. The molecule has 2 aromatic heterocycles. The maximum absolute atomic E-state index is 12.1. The highest BCUT2D eigenvalue weighted by atomic mass is 35.5. The van der Waals surface area contributed by atoms with Gasteiger partial charge in [-0.3, -0.25) is 4.72 Å². The van der Waals surface area contributed by atoms with Crippen LogP contribution >= 0.6 is 34.5 Å². The summed E-state index contributed by atoms with van der Waals surface area (Å²) in [5.41, 5.74) is -0.520. The van der Waals surface area contributed by atoms with Crippen molar-refractivity contribution in [3.63, 3.8) is 0 Å². The molecular formula is C9H5Cl2N3O4S2. The number of carbonyl (C=O) groups is 1. The number of sulfonamides is 1. The molecule has 0 amide bonds. The highest BCUT2D eigenvalue weighted by Gasteiger charge is 2.24. The highest BCUT2D eigenvalue weighted by Crippen LogP contribution is 2.35. The summed E-state index contributed by atoms with van der Waals surface area (Å²) in [5, 5.41) is 8.91. The number of carboxylic acids is 1. The van der Waals surface area contributed by atoms with E-state index < -0.39 is 27.5 Å². The molecule has 2 N–H and O–H groups in total. The average molecular weight is 354 g/mol. The Hall–Kier alpha value is -1.42. The van der Waals surface area contributed by atoms with Crippen LogP contribution in [-0.4, -0.2) is 29.5 Å². The number of rotatable bonds is 4. The average Bonchev–Trinajstić information content (AvgIpc) is 2.69. The molecule has 2 aromatic rings. The van der Waals surface area contributed by atoms with E-state index in [0.717, 1.165) is 29.8 Å². The van der Waals surface area contributed by atoms with E-state index in [1.54, 1.807) is 0 Å². The van der Waals surface area contributed by atoms with Crippen molar-refractivity contribution in [2.24, 2.45) is 0 Å². The monoisotopic (exact) mass is 353 g/mol. The van der Waals surface area contributed by atoms with Gasteiger partial charge in [0.2, 0.25) is 0 Å². The van der Waals surface area contributed by atoms with Crippen molar-refractivity contribution in [3.8, 4) is 0 Å². The van der Waals surface area contributed by atoms with Crippen LogP contribution in [0.2, 0.25) is 8.67 Å². The van der Waals surface area contributed by atoms with Gasteiger partial charge in [-0.25, -0.2) is 23.2 Å². The molecule has 0 saturated heterocycles. The normalized spacial score (nSPS) is 11.3. The number of thiophene rings is 1. The van der Waals surface area contributed by atoms with Crippen LogP contribution in [0.15, 0.2) is 23.4 Å². The third-order valence-electron chi connectivity index (χ3n) is 2.05. The molecule has 0 aliphatic heterocycles. The van der Waals surface area contributed by atoms with Gasteiger partial charge in [0.05, 0.1) is 4.34 Å². The number of nitrogens with one attached hydrogen (secondary N) is 1. The first kappa shape index (κ1) is 15.0. The molecule has 7 nitrogen and oxygen atoms in total. The Morgan fingerprint density at radius 3 is 2.50 bits per heavy atom. The molecule has 0 radical (unpaired) electrons. The van der Waals surface area contributed by atoms with Crippen molar-refractivity contribution in [2.45, 2.75) is 4.90 Å². The van der Waals surface area contributed by atoms with Crippen LogP contribution in [0.1, 0.15) is 10.5 Å². The topological polar surface area (TPSA) is 109 Å². The quantitative estimate of drug-likeness (QED) is 0.872. The SMILES string of the molecule is O=C(O)c1nccnc1NS(=O)(=O)c1cc(Cl)sc1Cl. The van der Waals surface area contributed by atoms with Crippen LogP contribution in [0.4, 0.5) is 5.82 Å². The Balaban J connectivity index is 2.44. The first-order chi connectivity index (χ1) is 9.31. The minimum Gasteiger partial charge on any atom is -0.476 e. The highest BCUT2D eigenvalue weighted by molar-refractivity contribution is 7.93. The first-order valence-corrected chi connectivity index (χ1v) is 7.89. The molecule has 20 heavy (non-hydrogen) atoms. The Morgan fingerprint density at radius 2 is 1.95 bits per heavy atom. The summed E-state index contributed by atoms with van der Waals surface area (Å²) in [6.07, 6.45) is 2.29. The fraction of sp³-hybridized carbons (Fsp3) is 0. The number of halogens is 2. The lowest BCUT2D eigenvalue weighted by Crippen LogP contribution is -2.17. The number of aromatic carboxylic acids is 1. The van der Waals surface area contributed by atoms with Crippen molar-refractivity contribution >= 4 is 56.3 Å². The molecule has 0 saturated carbocycles. The molecule has 0 bridgehead atoms. The molecule has 106 valence electrons. The Morgan fingerprint density at radius 1 is 1.30 bits per heavy atom. The van der Waals surface area contributed by atoms with Crippen molar-refractivity contribution in [3.05, 3.63) is 32.8 Å². The van der Waals surface area contributed by atoms with Crippen LogP contribution in [0, 0.1) is 0 Å². The van der Waals surface area contributed by atoms with E-state index in [1.807, 2.05) is 4.72 Å². The molecule has 0 aromatic carbocycles. The largest absolute Gasteiger partial charge is 0.476 e. The van der Waals surface area contributed by atoms with Gasteiger partial charge in [0.1, 0.15) is 9.23 Å². The number of carboxylic acid groups (broad SMARTS) is 1. The summed E-state index contributed by atoms with van der Waals surface area (Å²) in [4.78, 5) is 17.9. The van der Waals surface area contributed by atoms with Gasteiger partial charge in [-0.1, -0.05) is 23.2 Å². The third kappa shape index (κ3) is 3.01. The van der Waals surface area contributed by atoms with Crippen LogP contribution in [0.3, 0.4) is 0 Å². The van der Waals surface area contributed by atoms with E-state index in [1.165, 1.54) is 0 Å². The lowest BCUT2D eigenvalue weighted by Gasteiger charge is -2.07. The van der Waals surface area contributed by atoms with E-state index >= 15 is 0 Å². The number of nitrogens with zero attached hydrogens (tertiary/aromatic N) is 2. The lowest BCUT2D eigenvalue weighted by atomic mass is 10.4. The second-order valence-corrected chi connectivity index (χ2v) is 7.29. The number of anilines is 1. The predicted molar refractivity (Wildman–Crippen MR) is 74.1 cm³/mol. The first-order valence-electron chi connectivity index (χ1n) is 4.83. The maximum Gasteiger partial charge on any atom is 0.358 e. The molecule has 0 aliphatic rings. The van der Waals surface area contributed by atoms with Gasteiger partial charge in [0.15, 0.2) is 11.5 Å². The van der Waals surface area contributed by atoms with Crippen molar-refractivity contribution in [1.29, 1.82) is 0 Å². The van der Waals surface area contributed by atoms with Crippen LogP contribution in [0.5, 0.6) is 0 Å². The molecule has 0 spiro atoms. The molecular weight excluding hydrogens is 349 g/mol. The van der Waals surface area contributed by atoms with E-state index in [0.29, 0.717) is 0 Å². The second kappa shape index (κ2) is 5.52. The standard InChI is InChI=1S/C9H5Cl2N3O4S2/c10-5-3-4(7(11)19-5)20(17,18)14-8-6(9(15)16)12-1-2-13-8/h1-3H,(H,13,14)(H,15,16). The van der Waals surface area contributed by atoms with E-state index in [9.17, 15) is 13.2 Å². The zero-order chi connectivity index (χ0) is 14.9. The summed E-state index contributed by atoms with van der Waals surface area (Å²) in [6.45, 7) is 0. The van der Waals surface area contributed by atoms with Gasteiger partial charge >= 0.3 is 5.97 Å². The molecule has 0 unspecified atom stereocenters. The lowest BCUT2D eigenvalue weighted by molar-refractivity contribution is 0.0691. The molecule has 0 aliphatic carbocycles. The Labute approximate surface area is 127 Å². The summed E-state index contributed by atoms with van der Waals surface area (Å²) in [5.74, 6) is -1.82. The number of hydrogen-bond donors (Lipinski definition) is 2. The molecule has 2 heterocycles. The van der Waals surface area contributed by atoms with Gasteiger partial charge in [0.25, 0.3) is 10.0 Å². The molecule has 2 rings (SSSR count). The van der Waals surface area contributed by atoms with Gasteiger partial charge in [-0.05, 0) is 6.07 Å². The third-order valence-corrected chi connectivity index (χ3v) is 5.14. The molecule has 0 fully saturated rings. The fourth-order valence-corrected chi connectivity index (χ4v) is 4.43. The summed E-state index contributed by atoms with van der Waals surface area (Å²) in [7, 11) is -4.10. The van der Waals surface area contributed by atoms with Crippen molar-refractivity contribution < 1.29 is 18.3 Å². The van der Waals surface area contributed by atoms with Crippen LogP contribution in [-0.2, 0) is 10.0 Å². The zero-order valence-electron chi connectivity index (χ0n) is 9.37. The number of hydrogen-bond acceptors (Lipinski definition) is 6. The summed E-state index contributed by atoms with van der Waals surface area (Å²) >= 11 is 12.3. The molecule has 11 heteroatoms. The second-order valence-electron chi connectivity index (χ2n) is 3.35. The Bertz CT molecular complexity index is 775. The minimum absolute atomic E-state index is 0.0386. The van der Waals surface area contributed by atoms with Crippen LogP contribution < -0.4 is 4.72 Å². The van der Waals surface area contributed by atoms with Gasteiger partial charge < -0.3 is 5.11 Å².